The van der Waals surface area contributed by atoms with Crippen LogP contribution in [0.2, 0.25) is 5.15 Å². The SMILES string of the molecule is CN1CCCN(C(=O)c2ccnc(Cl)c2[N+](=O)[O-])CC1=O. The predicted octanol–water partition coefficient (Wildman–Crippen LogP) is 0.948. The molecule has 0 unspecified atom stereocenters. The van der Waals surface area contributed by atoms with Crippen molar-refractivity contribution in [3.8, 4) is 0 Å². The summed E-state index contributed by atoms with van der Waals surface area (Å²) >= 11 is 5.69. The van der Waals surface area contributed by atoms with Crippen molar-refractivity contribution in [3.63, 3.8) is 0 Å². The van der Waals surface area contributed by atoms with E-state index in [2.05, 4.69) is 4.98 Å². The van der Waals surface area contributed by atoms with Crippen LogP contribution in [0.4, 0.5) is 5.69 Å². The van der Waals surface area contributed by atoms with E-state index >= 15 is 0 Å². The highest BCUT2D eigenvalue weighted by Crippen LogP contribution is 2.27. The summed E-state index contributed by atoms with van der Waals surface area (Å²) in [6.07, 6.45) is 1.84. The van der Waals surface area contributed by atoms with Gasteiger partial charge in [-0.25, -0.2) is 4.98 Å². The molecule has 0 atom stereocenters. The van der Waals surface area contributed by atoms with Gasteiger partial charge in [-0.15, -0.1) is 0 Å². The molecular weight excluding hydrogens is 300 g/mol. The van der Waals surface area contributed by atoms with E-state index in [1.807, 2.05) is 0 Å². The van der Waals surface area contributed by atoms with Gasteiger partial charge in [-0.1, -0.05) is 11.6 Å². The van der Waals surface area contributed by atoms with Gasteiger partial charge in [-0.3, -0.25) is 19.7 Å². The van der Waals surface area contributed by atoms with Crippen LogP contribution >= 0.6 is 11.6 Å². The highest BCUT2D eigenvalue weighted by Gasteiger charge is 2.30. The van der Waals surface area contributed by atoms with E-state index in [4.69, 9.17) is 11.6 Å². The Hall–Kier alpha value is -2.22. The van der Waals surface area contributed by atoms with E-state index in [-0.39, 0.29) is 23.2 Å². The number of nitrogens with zero attached hydrogens (tertiary/aromatic N) is 4. The lowest BCUT2D eigenvalue weighted by molar-refractivity contribution is -0.385. The molecule has 0 aromatic carbocycles. The first kappa shape index (κ1) is 15.2. The van der Waals surface area contributed by atoms with E-state index < -0.39 is 16.5 Å². The van der Waals surface area contributed by atoms with Crippen molar-refractivity contribution in [3.05, 3.63) is 33.1 Å². The Morgan fingerprint density at radius 1 is 1.48 bits per heavy atom. The van der Waals surface area contributed by atoms with E-state index in [0.29, 0.717) is 19.5 Å². The van der Waals surface area contributed by atoms with Crippen LogP contribution in [0.25, 0.3) is 0 Å². The Morgan fingerprint density at radius 3 is 2.86 bits per heavy atom. The molecule has 1 fully saturated rings. The summed E-state index contributed by atoms with van der Waals surface area (Å²) in [5.74, 6) is -0.793. The summed E-state index contributed by atoms with van der Waals surface area (Å²) in [6.45, 7) is 0.792. The maximum atomic E-state index is 12.4. The van der Waals surface area contributed by atoms with Crippen LogP contribution in [0.5, 0.6) is 0 Å². The second kappa shape index (κ2) is 6.04. The highest BCUT2D eigenvalue weighted by atomic mass is 35.5. The van der Waals surface area contributed by atoms with Gasteiger partial charge in [0.05, 0.1) is 4.92 Å². The number of nitro groups is 1. The van der Waals surface area contributed by atoms with Gasteiger partial charge in [0, 0.05) is 26.3 Å². The molecule has 8 nitrogen and oxygen atoms in total. The van der Waals surface area contributed by atoms with Gasteiger partial charge >= 0.3 is 5.69 Å². The third kappa shape index (κ3) is 3.10. The second-order valence-corrected chi connectivity index (χ2v) is 5.01. The van der Waals surface area contributed by atoms with Crippen molar-refractivity contribution in [1.29, 1.82) is 0 Å². The molecule has 0 radical (unpaired) electrons. The molecule has 21 heavy (non-hydrogen) atoms. The van der Waals surface area contributed by atoms with Gasteiger partial charge in [-0.2, -0.15) is 0 Å². The average Bonchev–Trinajstić information content (AvgIpc) is 2.59. The molecule has 9 heteroatoms. The molecule has 1 aromatic rings. The van der Waals surface area contributed by atoms with E-state index in [1.165, 1.54) is 22.1 Å². The van der Waals surface area contributed by atoms with Gasteiger partial charge in [0.2, 0.25) is 11.1 Å². The quantitative estimate of drug-likeness (QED) is 0.460. The number of aromatic nitrogens is 1. The van der Waals surface area contributed by atoms with Crippen molar-refractivity contribution in [2.75, 3.05) is 26.7 Å². The number of halogens is 1. The molecule has 1 aliphatic heterocycles. The number of carbonyl (C=O) groups is 2. The Balaban J connectivity index is 2.34. The fraction of sp³-hybridized carbons (Fsp3) is 0.417. The monoisotopic (exact) mass is 312 g/mol. The molecule has 1 aliphatic rings. The Morgan fingerprint density at radius 2 is 2.19 bits per heavy atom. The molecule has 112 valence electrons. The van der Waals surface area contributed by atoms with Crippen molar-refractivity contribution in [1.82, 2.24) is 14.8 Å². The van der Waals surface area contributed by atoms with Crippen LogP contribution in [-0.4, -0.2) is 58.2 Å². The van der Waals surface area contributed by atoms with Gasteiger partial charge < -0.3 is 9.80 Å². The molecule has 2 amide bonds. The summed E-state index contributed by atoms with van der Waals surface area (Å²) in [6, 6.07) is 1.24. The number of likely N-dealkylation sites (N-methyl/N-ethyl adjacent to an activating group) is 1. The Kier molecular flexibility index (Phi) is 4.37. The number of hydrogen-bond donors (Lipinski definition) is 0. The van der Waals surface area contributed by atoms with Crippen LogP contribution in [0.3, 0.4) is 0 Å². The molecule has 0 bridgehead atoms. The molecule has 0 saturated carbocycles. The maximum Gasteiger partial charge on any atom is 0.319 e. The summed E-state index contributed by atoms with van der Waals surface area (Å²) in [4.78, 5) is 41.0. The predicted molar refractivity (Wildman–Crippen MR) is 74.1 cm³/mol. The topological polar surface area (TPSA) is 96.7 Å². The van der Waals surface area contributed by atoms with Crippen LogP contribution in [0, 0.1) is 10.1 Å². The lowest BCUT2D eigenvalue weighted by Gasteiger charge is -2.19. The standard InChI is InChI=1S/C12H13ClN4O4/c1-15-5-2-6-16(7-9(15)18)12(19)8-3-4-14-11(13)10(8)17(20)21/h3-4H,2,5-7H2,1H3. The van der Waals surface area contributed by atoms with Gasteiger partial charge in [-0.05, 0) is 12.5 Å². The Labute approximate surface area is 125 Å². The largest absolute Gasteiger partial charge is 0.344 e. The lowest BCUT2D eigenvalue weighted by Crippen LogP contribution is -2.38. The van der Waals surface area contributed by atoms with Crippen LogP contribution in [0.1, 0.15) is 16.8 Å². The zero-order valence-electron chi connectivity index (χ0n) is 11.3. The molecule has 0 spiro atoms. The van der Waals surface area contributed by atoms with Crippen molar-refractivity contribution < 1.29 is 14.5 Å². The van der Waals surface area contributed by atoms with Gasteiger partial charge in [0.1, 0.15) is 12.1 Å². The minimum Gasteiger partial charge on any atom is -0.344 e. The summed E-state index contributed by atoms with van der Waals surface area (Å²) in [5, 5.41) is 10.7. The molecule has 0 N–H and O–H groups in total. The molecular formula is C12H13ClN4O4. The third-order valence-electron chi connectivity index (χ3n) is 3.25. The summed E-state index contributed by atoms with van der Waals surface area (Å²) < 4.78 is 0. The van der Waals surface area contributed by atoms with Crippen molar-refractivity contribution >= 4 is 29.1 Å². The highest BCUT2D eigenvalue weighted by molar-refractivity contribution is 6.32. The number of amides is 2. The lowest BCUT2D eigenvalue weighted by atomic mass is 10.2. The first-order valence-electron chi connectivity index (χ1n) is 6.24. The van der Waals surface area contributed by atoms with Crippen molar-refractivity contribution in [2.45, 2.75) is 6.42 Å². The third-order valence-corrected chi connectivity index (χ3v) is 3.53. The zero-order chi connectivity index (χ0) is 15.6. The molecule has 1 saturated heterocycles. The fourth-order valence-corrected chi connectivity index (χ4v) is 2.33. The van der Waals surface area contributed by atoms with E-state index in [1.54, 1.807) is 7.05 Å². The smallest absolute Gasteiger partial charge is 0.319 e. The fourth-order valence-electron chi connectivity index (χ4n) is 2.10. The molecule has 1 aromatic heterocycles. The zero-order valence-corrected chi connectivity index (χ0v) is 12.0. The number of hydrogen-bond acceptors (Lipinski definition) is 5. The number of pyridine rings is 1. The molecule has 2 heterocycles. The van der Waals surface area contributed by atoms with Crippen LogP contribution in [-0.2, 0) is 4.79 Å². The first-order chi connectivity index (χ1) is 9.91. The Bertz CT molecular complexity index is 607. The number of carbonyl (C=O) groups excluding carboxylic acids is 2. The van der Waals surface area contributed by atoms with Gasteiger partial charge in [0.25, 0.3) is 5.91 Å². The first-order valence-corrected chi connectivity index (χ1v) is 6.61. The van der Waals surface area contributed by atoms with Crippen LogP contribution in [0.15, 0.2) is 12.3 Å². The average molecular weight is 313 g/mol. The van der Waals surface area contributed by atoms with E-state index in [9.17, 15) is 19.7 Å². The number of rotatable bonds is 2. The normalized spacial score (nSPS) is 15.8. The van der Waals surface area contributed by atoms with Gasteiger partial charge in [0.15, 0.2) is 0 Å². The summed E-state index contributed by atoms with van der Waals surface area (Å²) in [5.41, 5.74) is -0.688. The summed E-state index contributed by atoms with van der Waals surface area (Å²) in [7, 11) is 1.65. The molecule has 2 rings (SSSR count). The minimum absolute atomic E-state index is 0.105. The minimum atomic E-state index is -0.742. The maximum absolute atomic E-state index is 12.4. The second-order valence-electron chi connectivity index (χ2n) is 4.65. The van der Waals surface area contributed by atoms with Crippen LogP contribution < -0.4 is 0 Å². The van der Waals surface area contributed by atoms with E-state index in [0.717, 1.165) is 0 Å². The van der Waals surface area contributed by atoms with Crippen molar-refractivity contribution in [2.24, 2.45) is 0 Å². The molecule has 0 aliphatic carbocycles.